The third-order valence-corrected chi connectivity index (χ3v) is 2.73. The molecule has 1 fully saturated rings. The molecule has 70 valence electrons. The van der Waals surface area contributed by atoms with Gasteiger partial charge in [-0.1, -0.05) is 19.8 Å². The second kappa shape index (κ2) is 4.04. The van der Waals surface area contributed by atoms with Crippen molar-refractivity contribution in [1.29, 1.82) is 0 Å². The van der Waals surface area contributed by atoms with Gasteiger partial charge in [0.05, 0.1) is 5.60 Å². The van der Waals surface area contributed by atoms with E-state index < -0.39 is 5.60 Å². The van der Waals surface area contributed by atoms with E-state index in [-0.39, 0.29) is 0 Å². The van der Waals surface area contributed by atoms with E-state index in [9.17, 15) is 9.90 Å². The van der Waals surface area contributed by atoms with Gasteiger partial charge in [-0.25, -0.2) is 0 Å². The average molecular weight is 170 g/mol. The lowest BCUT2D eigenvalue weighted by Gasteiger charge is -2.31. The average Bonchev–Trinajstić information content (AvgIpc) is 2.08. The zero-order valence-corrected chi connectivity index (χ0v) is 7.81. The van der Waals surface area contributed by atoms with Gasteiger partial charge in [-0.05, 0) is 19.3 Å². The molecule has 0 unspecified atom stereocenters. The van der Waals surface area contributed by atoms with Gasteiger partial charge in [-0.15, -0.1) is 0 Å². The summed E-state index contributed by atoms with van der Waals surface area (Å²) in [4.78, 5) is 10.9. The Kier molecular flexibility index (Phi) is 3.27. The summed E-state index contributed by atoms with van der Waals surface area (Å²) in [6, 6.07) is 0. The Bertz CT molecular complexity index is 153. The van der Waals surface area contributed by atoms with Crippen molar-refractivity contribution < 1.29 is 9.90 Å². The molecule has 0 spiro atoms. The van der Waals surface area contributed by atoms with Gasteiger partial charge < -0.3 is 5.11 Å². The summed E-state index contributed by atoms with van der Waals surface area (Å²) >= 11 is 0. The molecule has 0 heterocycles. The highest BCUT2D eigenvalue weighted by atomic mass is 16.3. The maximum Gasteiger partial charge on any atom is 0.133 e. The second-order valence-electron chi connectivity index (χ2n) is 3.87. The van der Waals surface area contributed by atoms with Crippen molar-refractivity contribution in [2.75, 3.05) is 0 Å². The van der Waals surface area contributed by atoms with Gasteiger partial charge in [0.15, 0.2) is 0 Å². The van der Waals surface area contributed by atoms with E-state index >= 15 is 0 Å². The van der Waals surface area contributed by atoms with Gasteiger partial charge in [-0.3, -0.25) is 4.79 Å². The summed E-state index contributed by atoms with van der Waals surface area (Å²) in [5, 5.41) is 9.97. The molecule has 0 saturated heterocycles. The molecule has 1 aliphatic rings. The van der Waals surface area contributed by atoms with Crippen LogP contribution in [0.2, 0.25) is 0 Å². The van der Waals surface area contributed by atoms with Crippen molar-refractivity contribution in [3.8, 4) is 0 Å². The third kappa shape index (κ3) is 2.59. The topological polar surface area (TPSA) is 37.3 Å². The van der Waals surface area contributed by atoms with Gasteiger partial charge in [0.1, 0.15) is 5.78 Å². The molecular weight excluding hydrogens is 152 g/mol. The number of Topliss-reactive ketones (excluding diaryl/α,β-unsaturated/α-hetero) is 1. The van der Waals surface area contributed by atoms with E-state index in [2.05, 4.69) is 6.92 Å². The van der Waals surface area contributed by atoms with Crippen molar-refractivity contribution >= 4 is 5.78 Å². The lowest BCUT2D eigenvalue weighted by atomic mass is 9.81. The highest BCUT2D eigenvalue weighted by Crippen LogP contribution is 2.30. The third-order valence-electron chi connectivity index (χ3n) is 2.73. The number of carbonyl (C=O) groups is 1. The highest BCUT2D eigenvalue weighted by molar-refractivity contribution is 5.79. The lowest BCUT2D eigenvalue weighted by molar-refractivity contribution is -0.125. The maximum atomic E-state index is 10.9. The highest BCUT2D eigenvalue weighted by Gasteiger charge is 2.31. The molecule has 0 aliphatic heterocycles. The summed E-state index contributed by atoms with van der Waals surface area (Å²) in [5.74, 6) is 0.316. The van der Waals surface area contributed by atoms with Crippen LogP contribution in [0.4, 0.5) is 0 Å². The molecule has 0 atom stereocenters. The maximum absolute atomic E-state index is 10.9. The number of hydrogen-bond acceptors (Lipinski definition) is 2. The van der Waals surface area contributed by atoms with Crippen molar-refractivity contribution in [2.45, 2.75) is 57.5 Å². The van der Waals surface area contributed by atoms with Crippen LogP contribution in [-0.4, -0.2) is 16.5 Å². The molecule has 1 aliphatic carbocycles. The van der Waals surface area contributed by atoms with Crippen LogP contribution in [0.25, 0.3) is 0 Å². The van der Waals surface area contributed by atoms with Crippen LogP contribution in [-0.2, 0) is 4.79 Å². The van der Waals surface area contributed by atoms with Crippen LogP contribution in [0.1, 0.15) is 51.9 Å². The first-order chi connectivity index (χ1) is 5.66. The molecule has 1 N–H and O–H groups in total. The molecule has 1 saturated carbocycles. The fraction of sp³-hybridized carbons (Fsp3) is 0.900. The van der Waals surface area contributed by atoms with E-state index in [1.165, 1.54) is 0 Å². The van der Waals surface area contributed by atoms with Crippen LogP contribution in [0.3, 0.4) is 0 Å². The Hall–Kier alpha value is -0.370. The Morgan fingerprint density at radius 2 is 2.00 bits per heavy atom. The first-order valence-electron chi connectivity index (χ1n) is 4.90. The molecule has 2 nitrogen and oxygen atoms in total. The summed E-state index contributed by atoms with van der Waals surface area (Å²) in [6.45, 7) is 2.12. The largest absolute Gasteiger partial charge is 0.390 e. The Balaban J connectivity index is 2.34. The fourth-order valence-electron chi connectivity index (χ4n) is 1.75. The second-order valence-corrected chi connectivity index (χ2v) is 3.87. The minimum Gasteiger partial charge on any atom is -0.390 e. The molecule has 0 aromatic heterocycles. The van der Waals surface area contributed by atoms with E-state index in [0.29, 0.717) is 31.5 Å². The predicted molar refractivity (Wildman–Crippen MR) is 47.9 cm³/mol. The fourth-order valence-corrected chi connectivity index (χ4v) is 1.75. The van der Waals surface area contributed by atoms with Gasteiger partial charge in [0.25, 0.3) is 0 Å². The molecular formula is C10H18O2. The number of rotatable bonds is 3. The summed E-state index contributed by atoms with van der Waals surface area (Å²) in [7, 11) is 0. The zero-order chi connectivity index (χ0) is 9.03. The first-order valence-corrected chi connectivity index (χ1v) is 4.90. The first kappa shape index (κ1) is 9.72. The lowest BCUT2D eigenvalue weighted by Crippen LogP contribution is -2.33. The van der Waals surface area contributed by atoms with Gasteiger partial charge in [-0.2, -0.15) is 0 Å². The quantitative estimate of drug-likeness (QED) is 0.703. The van der Waals surface area contributed by atoms with Crippen LogP contribution in [0, 0.1) is 0 Å². The Morgan fingerprint density at radius 3 is 2.50 bits per heavy atom. The van der Waals surface area contributed by atoms with E-state index in [0.717, 1.165) is 19.3 Å². The smallest absolute Gasteiger partial charge is 0.133 e. The predicted octanol–water partition coefficient (Wildman–Crippen LogP) is 2.05. The number of carbonyl (C=O) groups excluding carboxylic acids is 1. The van der Waals surface area contributed by atoms with E-state index in [1.54, 1.807) is 0 Å². The number of unbranched alkanes of at least 4 members (excludes halogenated alkanes) is 1. The van der Waals surface area contributed by atoms with Crippen LogP contribution in [0.15, 0.2) is 0 Å². The van der Waals surface area contributed by atoms with E-state index in [4.69, 9.17) is 0 Å². The zero-order valence-electron chi connectivity index (χ0n) is 7.81. The van der Waals surface area contributed by atoms with Crippen LogP contribution >= 0.6 is 0 Å². The summed E-state index contributed by atoms with van der Waals surface area (Å²) in [6.07, 6.45) is 5.61. The van der Waals surface area contributed by atoms with Gasteiger partial charge in [0.2, 0.25) is 0 Å². The van der Waals surface area contributed by atoms with Crippen LogP contribution in [0.5, 0.6) is 0 Å². The van der Waals surface area contributed by atoms with Crippen molar-refractivity contribution in [3.05, 3.63) is 0 Å². The molecule has 0 radical (unpaired) electrons. The van der Waals surface area contributed by atoms with Gasteiger partial charge >= 0.3 is 0 Å². The van der Waals surface area contributed by atoms with Crippen molar-refractivity contribution in [3.63, 3.8) is 0 Å². The summed E-state index contributed by atoms with van der Waals surface area (Å²) in [5.41, 5.74) is -0.510. The Labute approximate surface area is 74.0 Å². The minimum atomic E-state index is -0.510. The molecule has 12 heavy (non-hydrogen) atoms. The van der Waals surface area contributed by atoms with Crippen LogP contribution < -0.4 is 0 Å². The van der Waals surface area contributed by atoms with Crippen molar-refractivity contribution in [1.82, 2.24) is 0 Å². The normalized spacial score (nSPS) is 22.7. The molecule has 2 heteroatoms. The molecule has 0 aromatic carbocycles. The summed E-state index contributed by atoms with van der Waals surface area (Å²) < 4.78 is 0. The number of hydrogen-bond donors (Lipinski definition) is 1. The van der Waals surface area contributed by atoms with Crippen molar-refractivity contribution in [2.24, 2.45) is 0 Å². The number of aliphatic hydroxyl groups is 1. The number of ketones is 1. The molecule has 0 amide bonds. The minimum absolute atomic E-state index is 0.316. The molecule has 1 rings (SSSR count). The SMILES string of the molecule is CCCCC1(O)CCC(=O)CC1. The Morgan fingerprint density at radius 1 is 1.42 bits per heavy atom. The molecule has 0 bridgehead atoms. The monoisotopic (exact) mass is 170 g/mol. The standard InChI is InChI=1S/C10H18O2/c1-2-3-6-10(12)7-4-9(11)5-8-10/h12H,2-8H2,1H3. The molecule has 0 aromatic rings. The van der Waals surface area contributed by atoms with Gasteiger partial charge in [0, 0.05) is 12.8 Å². The van der Waals surface area contributed by atoms with E-state index in [1.807, 2.05) is 0 Å².